The molecule has 0 aliphatic carbocycles. The molecular formula is C32H46F2Si. The summed E-state index contributed by atoms with van der Waals surface area (Å²) < 4.78 is 29.1. The van der Waals surface area contributed by atoms with E-state index in [2.05, 4.69) is 19.1 Å². The van der Waals surface area contributed by atoms with Crippen LogP contribution in [-0.2, 0) is 6.42 Å². The summed E-state index contributed by atoms with van der Waals surface area (Å²) in [7, 11) is -1.03. The first-order valence-electron chi connectivity index (χ1n) is 14.6. The molecule has 0 amide bonds. The Hall–Kier alpha value is -1.48. The van der Waals surface area contributed by atoms with Crippen LogP contribution >= 0.6 is 0 Å². The molecule has 0 unspecified atom stereocenters. The van der Waals surface area contributed by atoms with Crippen molar-refractivity contribution in [3.05, 3.63) is 59.2 Å². The molecule has 0 N–H and O–H groups in total. The van der Waals surface area contributed by atoms with E-state index in [1.807, 2.05) is 19.1 Å². The SMILES string of the molecule is CCCCCCCC1CC[Si]2(CC1)CCC(c1ccc(-c3ccc(CCC)c(F)c3F)cc1)CC2. The molecule has 2 aliphatic rings. The normalized spacial score (nSPS) is 24.7. The zero-order valence-electron chi connectivity index (χ0n) is 22.2. The first kappa shape index (κ1) is 26.6. The van der Waals surface area contributed by atoms with Crippen molar-refractivity contribution in [2.24, 2.45) is 5.92 Å². The Morgan fingerprint density at radius 3 is 2.03 bits per heavy atom. The van der Waals surface area contributed by atoms with Gasteiger partial charge in [0.25, 0.3) is 0 Å². The van der Waals surface area contributed by atoms with Crippen molar-refractivity contribution < 1.29 is 8.78 Å². The number of aryl methyl sites for hydroxylation is 1. The van der Waals surface area contributed by atoms with Gasteiger partial charge in [0, 0.05) is 5.56 Å². The van der Waals surface area contributed by atoms with Gasteiger partial charge >= 0.3 is 0 Å². The highest BCUT2D eigenvalue weighted by atomic mass is 28.3. The fraction of sp³-hybridized carbons (Fsp3) is 0.625. The smallest absolute Gasteiger partial charge is 0.166 e. The standard InChI is InChI=1S/C32H46F2Si/c1-3-5-6-7-8-10-25-17-21-35(22-18-25)23-19-27(20-24-35)26-11-13-28(14-12-26)30-16-15-29(9-4-2)31(33)32(30)34/h11-16,25,27H,3-10,17-24H2,1-2H3. The number of benzene rings is 2. The van der Waals surface area contributed by atoms with Gasteiger partial charge in [0.05, 0.1) is 8.07 Å². The molecule has 3 heteroatoms. The molecule has 35 heavy (non-hydrogen) atoms. The highest BCUT2D eigenvalue weighted by molar-refractivity contribution is 6.80. The zero-order valence-corrected chi connectivity index (χ0v) is 23.2. The van der Waals surface area contributed by atoms with Gasteiger partial charge in [0.1, 0.15) is 0 Å². The van der Waals surface area contributed by atoms with Crippen LogP contribution < -0.4 is 0 Å². The van der Waals surface area contributed by atoms with Gasteiger partial charge < -0.3 is 0 Å². The van der Waals surface area contributed by atoms with E-state index in [-0.39, 0.29) is 0 Å². The van der Waals surface area contributed by atoms with Crippen molar-refractivity contribution in [1.82, 2.24) is 0 Å². The number of halogens is 2. The first-order valence-corrected chi connectivity index (χ1v) is 17.5. The van der Waals surface area contributed by atoms with Gasteiger partial charge in [-0.05, 0) is 47.8 Å². The lowest BCUT2D eigenvalue weighted by molar-refractivity contribution is 0.404. The Labute approximate surface area is 213 Å². The number of rotatable bonds is 10. The van der Waals surface area contributed by atoms with Crippen molar-refractivity contribution in [3.8, 4) is 11.1 Å². The molecule has 0 aromatic heterocycles. The van der Waals surface area contributed by atoms with Crippen molar-refractivity contribution in [2.45, 2.75) is 121 Å². The van der Waals surface area contributed by atoms with Gasteiger partial charge in [-0.25, -0.2) is 8.78 Å². The van der Waals surface area contributed by atoms with E-state index >= 15 is 0 Å². The molecule has 0 atom stereocenters. The van der Waals surface area contributed by atoms with E-state index in [9.17, 15) is 8.78 Å². The molecule has 0 nitrogen and oxygen atoms in total. The summed E-state index contributed by atoms with van der Waals surface area (Å²) in [5, 5.41) is 0. The third kappa shape index (κ3) is 6.64. The van der Waals surface area contributed by atoms with Gasteiger partial charge in [-0.2, -0.15) is 0 Å². The maximum Gasteiger partial charge on any atom is 0.166 e. The van der Waals surface area contributed by atoms with E-state index in [0.717, 1.165) is 17.9 Å². The summed E-state index contributed by atoms with van der Waals surface area (Å²) in [4.78, 5) is 0. The van der Waals surface area contributed by atoms with Crippen LogP contribution in [0.15, 0.2) is 36.4 Å². The predicted octanol–water partition coefficient (Wildman–Crippen LogP) is 10.7. The summed E-state index contributed by atoms with van der Waals surface area (Å²) in [5.74, 6) is 0.279. The van der Waals surface area contributed by atoms with Gasteiger partial charge in [-0.1, -0.05) is 132 Å². The maximum absolute atomic E-state index is 14.7. The fourth-order valence-corrected chi connectivity index (χ4v) is 12.4. The quantitative estimate of drug-likeness (QED) is 0.227. The summed E-state index contributed by atoms with van der Waals surface area (Å²) >= 11 is 0. The van der Waals surface area contributed by atoms with Gasteiger partial charge in [-0.3, -0.25) is 0 Å². The Kier molecular flexibility index (Phi) is 9.61. The van der Waals surface area contributed by atoms with E-state index in [0.29, 0.717) is 23.5 Å². The van der Waals surface area contributed by atoms with E-state index < -0.39 is 19.7 Å². The van der Waals surface area contributed by atoms with Crippen LogP contribution in [0.2, 0.25) is 24.2 Å². The predicted molar refractivity (Wildman–Crippen MR) is 149 cm³/mol. The average molecular weight is 497 g/mol. The number of hydrogen-bond acceptors (Lipinski definition) is 0. The summed E-state index contributed by atoms with van der Waals surface area (Å²) in [6.45, 7) is 4.28. The molecule has 2 aromatic carbocycles. The second kappa shape index (κ2) is 12.7. The Morgan fingerprint density at radius 2 is 1.37 bits per heavy atom. The molecule has 192 valence electrons. The van der Waals surface area contributed by atoms with Crippen molar-refractivity contribution >= 4 is 8.07 Å². The monoisotopic (exact) mass is 496 g/mol. The number of hydrogen-bond donors (Lipinski definition) is 0. The maximum atomic E-state index is 14.7. The third-order valence-corrected chi connectivity index (χ3v) is 14.7. The molecule has 0 bridgehead atoms. The molecular weight excluding hydrogens is 450 g/mol. The molecule has 2 aromatic rings. The fourth-order valence-electron chi connectivity index (χ4n) is 6.89. The molecule has 2 fully saturated rings. The van der Waals surface area contributed by atoms with Crippen molar-refractivity contribution in [1.29, 1.82) is 0 Å². The molecule has 0 radical (unpaired) electrons. The zero-order chi connectivity index (χ0) is 24.7. The largest absolute Gasteiger partial charge is 0.203 e. The van der Waals surface area contributed by atoms with Crippen molar-refractivity contribution in [3.63, 3.8) is 0 Å². The minimum absolute atomic E-state index is 0.381. The molecule has 2 heterocycles. The Bertz CT molecular complexity index is 917. The van der Waals surface area contributed by atoms with E-state index in [1.54, 1.807) is 24.2 Å². The topological polar surface area (TPSA) is 0 Å². The van der Waals surface area contributed by atoms with Crippen LogP contribution in [0.1, 0.15) is 102 Å². The van der Waals surface area contributed by atoms with Gasteiger partial charge in [0.2, 0.25) is 0 Å². The van der Waals surface area contributed by atoms with Crippen LogP contribution in [0, 0.1) is 17.6 Å². The minimum atomic E-state index is -1.03. The second-order valence-electron chi connectivity index (χ2n) is 11.7. The Balaban J connectivity index is 1.28. The summed E-state index contributed by atoms with van der Waals surface area (Å²) in [6, 6.07) is 18.0. The van der Waals surface area contributed by atoms with E-state index in [1.165, 1.54) is 81.9 Å². The summed E-state index contributed by atoms with van der Waals surface area (Å²) in [5.41, 5.74) is 3.03. The van der Waals surface area contributed by atoms with E-state index in [4.69, 9.17) is 0 Å². The molecule has 2 aliphatic heterocycles. The molecule has 1 spiro atoms. The lowest BCUT2D eigenvalue weighted by Gasteiger charge is -2.43. The van der Waals surface area contributed by atoms with Crippen LogP contribution in [0.25, 0.3) is 11.1 Å². The van der Waals surface area contributed by atoms with Crippen LogP contribution in [0.3, 0.4) is 0 Å². The van der Waals surface area contributed by atoms with Crippen molar-refractivity contribution in [2.75, 3.05) is 0 Å². The Morgan fingerprint density at radius 1 is 0.714 bits per heavy atom. The lowest BCUT2D eigenvalue weighted by atomic mass is 9.91. The van der Waals surface area contributed by atoms with Crippen LogP contribution in [0.5, 0.6) is 0 Å². The molecule has 4 rings (SSSR count). The third-order valence-electron chi connectivity index (χ3n) is 9.30. The first-order chi connectivity index (χ1) is 17.0. The van der Waals surface area contributed by atoms with Gasteiger partial charge in [-0.15, -0.1) is 0 Å². The molecule has 2 saturated heterocycles. The lowest BCUT2D eigenvalue weighted by Crippen LogP contribution is -2.41. The minimum Gasteiger partial charge on any atom is -0.203 e. The molecule has 0 saturated carbocycles. The number of unbranched alkanes of at least 4 members (excludes halogenated alkanes) is 4. The van der Waals surface area contributed by atoms with Crippen LogP contribution in [-0.4, -0.2) is 8.07 Å². The summed E-state index contributed by atoms with van der Waals surface area (Å²) in [6.07, 6.45) is 15.7. The van der Waals surface area contributed by atoms with Gasteiger partial charge in [0.15, 0.2) is 11.6 Å². The highest BCUT2D eigenvalue weighted by Gasteiger charge is 2.40. The average Bonchev–Trinajstić information content (AvgIpc) is 2.89. The highest BCUT2D eigenvalue weighted by Crippen LogP contribution is 2.47. The second-order valence-corrected chi connectivity index (χ2v) is 16.7. The van der Waals surface area contributed by atoms with Crippen LogP contribution in [0.4, 0.5) is 8.78 Å².